The average Bonchev–Trinajstić information content (AvgIpc) is 2.50. The Balaban J connectivity index is -0.000000656. The fourth-order valence-corrected chi connectivity index (χ4v) is 2.11. The van der Waals surface area contributed by atoms with Gasteiger partial charge in [0.1, 0.15) is 0 Å². The summed E-state index contributed by atoms with van der Waals surface area (Å²) in [5.41, 5.74) is 0. The van der Waals surface area contributed by atoms with E-state index < -0.39 is 0 Å². The lowest BCUT2D eigenvalue weighted by molar-refractivity contribution is -0.152. The molecule has 0 aromatic heterocycles. The summed E-state index contributed by atoms with van der Waals surface area (Å²) in [4.78, 5) is 0. The summed E-state index contributed by atoms with van der Waals surface area (Å²) in [5, 5.41) is 0. The minimum absolute atomic E-state index is 0.0938. The fourth-order valence-electron chi connectivity index (χ4n) is 2.11. The minimum atomic E-state index is -0.0938. The molecule has 0 amide bonds. The molecule has 0 N–H and O–H groups in total. The van der Waals surface area contributed by atoms with E-state index >= 15 is 0 Å². The Bertz CT molecular complexity index is 159. The molecule has 4 unspecified atom stereocenters. The van der Waals surface area contributed by atoms with Crippen molar-refractivity contribution in [2.24, 2.45) is 11.8 Å². The summed E-state index contributed by atoms with van der Waals surface area (Å²) in [6, 6.07) is 0. The normalized spacial score (nSPS) is 15.9. The molecule has 0 bridgehead atoms. The van der Waals surface area contributed by atoms with E-state index in [4.69, 9.17) is 9.47 Å². The van der Waals surface area contributed by atoms with Crippen LogP contribution in [-0.2, 0) is 9.47 Å². The minimum Gasteiger partial charge on any atom is -0.356 e. The van der Waals surface area contributed by atoms with Crippen molar-refractivity contribution in [3.8, 4) is 0 Å². The Kier molecular flexibility index (Phi) is 23.6. The van der Waals surface area contributed by atoms with E-state index in [1.165, 1.54) is 25.7 Å². The molecule has 20 heavy (non-hydrogen) atoms. The Morgan fingerprint density at radius 2 is 1.40 bits per heavy atom. The van der Waals surface area contributed by atoms with Crippen LogP contribution in [0.1, 0.15) is 88.0 Å². The van der Waals surface area contributed by atoms with E-state index in [9.17, 15) is 0 Å². The quantitative estimate of drug-likeness (QED) is 0.465. The van der Waals surface area contributed by atoms with E-state index in [-0.39, 0.29) is 12.4 Å². The van der Waals surface area contributed by atoms with Crippen molar-refractivity contribution in [3.63, 3.8) is 0 Å². The summed E-state index contributed by atoms with van der Waals surface area (Å²) in [5.74, 6) is 1.46. The third-order valence-electron chi connectivity index (χ3n) is 3.52. The van der Waals surface area contributed by atoms with Crippen LogP contribution in [0.4, 0.5) is 0 Å². The van der Waals surface area contributed by atoms with Crippen molar-refractivity contribution in [2.75, 3.05) is 7.11 Å². The molecule has 0 aliphatic rings. The van der Waals surface area contributed by atoms with Crippen LogP contribution < -0.4 is 0 Å². The maximum Gasteiger partial charge on any atom is 0.154 e. The van der Waals surface area contributed by atoms with Crippen LogP contribution in [0.15, 0.2) is 0 Å². The van der Waals surface area contributed by atoms with Gasteiger partial charge in [-0.2, -0.15) is 0 Å². The van der Waals surface area contributed by atoms with Gasteiger partial charge in [0.2, 0.25) is 0 Å². The molecule has 2 nitrogen and oxygen atoms in total. The highest BCUT2D eigenvalue weighted by Gasteiger charge is 2.18. The number of methoxy groups -OCH3 is 1. The molecule has 4 atom stereocenters. The molecule has 0 rings (SSSR count). The Labute approximate surface area is 129 Å². The van der Waals surface area contributed by atoms with Gasteiger partial charge in [0.25, 0.3) is 0 Å². The van der Waals surface area contributed by atoms with Crippen LogP contribution in [0.25, 0.3) is 0 Å². The molecule has 0 aromatic rings. The summed E-state index contributed by atoms with van der Waals surface area (Å²) in [6.07, 6.45) is 5.36. The van der Waals surface area contributed by atoms with E-state index in [1.54, 1.807) is 7.11 Å². The molecule has 0 radical (unpaired) electrons. The number of rotatable bonds is 9. The molecule has 0 aromatic carbocycles. The van der Waals surface area contributed by atoms with Gasteiger partial charge in [-0.3, -0.25) is 0 Å². The van der Waals surface area contributed by atoms with Gasteiger partial charge in [0.15, 0.2) is 6.29 Å². The molecule has 0 fully saturated rings. The van der Waals surface area contributed by atoms with Crippen molar-refractivity contribution in [3.05, 3.63) is 0 Å². The molecule has 2 heteroatoms. The Hall–Kier alpha value is -0.0800. The van der Waals surface area contributed by atoms with Gasteiger partial charge < -0.3 is 9.47 Å². The van der Waals surface area contributed by atoms with Gasteiger partial charge in [-0.25, -0.2) is 0 Å². The topological polar surface area (TPSA) is 18.5 Å². The molecule has 0 heterocycles. The monoisotopic (exact) mass is 290 g/mol. The van der Waals surface area contributed by atoms with Crippen LogP contribution >= 0.6 is 0 Å². The van der Waals surface area contributed by atoms with Crippen LogP contribution in [-0.4, -0.2) is 19.5 Å². The SMILES string of the molecule is CC.CC.CCCC(CC)CC(C)C(C)OC(C)OC. The zero-order valence-corrected chi connectivity index (χ0v) is 16.0. The Morgan fingerprint density at radius 1 is 0.900 bits per heavy atom. The van der Waals surface area contributed by atoms with Gasteiger partial charge in [-0.15, -0.1) is 0 Å². The second kappa shape index (κ2) is 18.9. The van der Waals surface area contributed by atoms with Gasteiger partial charge >= 0.3 is 0 Å². The summed E-state index contributed by atoms with van der Waals surface area (Å²) in [7, 11) is 1.69. The third-order valence-corrected chi connectivity index (χ3v) is 3.52. The lowest BCUT2D eigenvalue weighted by Gasteiger charge is -2.26. The second-order valence-electron chi connectivity index (χ2n) is 4.92. The maximum absolute atomic E-state index is 5.76. The molecule has 0 saturated heterocycles. The maximum atomic E-state index is 5.76. The van der Waals surface area contributed by atoms with Gasteiger partial charge in [-0.05, 0) is 32.1 Å². The van der Waals surface area contributed by atoms with Crippen LogP contribution in [0, 0.1) is 11.8 Å². The predicted molar refractivity (Wildman–Crippen MR) is 92.2 cm³/mol. The number of ether oxygens (including phenoxy) is 2. The fraction of sp³-hybridized carbons (Fsp3) is 1.00. The first-order valence-electron chi connectivity index (χ1n) is 8.73. The highest BCUT2D eigenvalue weighted by Crippen LogP contribution is 2.24. The van der Waals surface area contributed by atoms with Gasteiger partial charge in [0, 0.05) is 7.11 Å². The van der Waals surface area contributed by atoms with Crippen molar-refractivity contribution in [2.45, 2.75) is 100 Å². The van der Waals surface area contributed by atoms with E-state index in [0.717, 1.165) is 5.92 Å². The second-order valence-corrected chi connectivity index (χ2v) is 4.92. The molecule has 0 aliphatic heterocycles. The molecule has 126 valence electrons. The first-order chi connectivity index (χ1) is 9.54. The standard InChI is InChI=1S/C14H30O2.2C2H6/c1-7-9-14(8-2)10-11(3)12(4)16-13(5)15-6;2*1-2/h11-14H,7-10H2,1-6H3;2*1-2H3. The highest BCUT2D eigenvalue weighted by molar-refractivity contribution is 4.67. The van der Waals surface area contributed by atoms with Crippen molar-refractivity contribution >= 4 is 0 Å². The van der Waals surface area contributed by atoms with Crippen LogP contribution in [0.2, 0.25) is 0 Å². The van der Waals surface area contributed by atoms with E-state index in [2.05, 4.69) is 27.7 Å². The molecular weight excluding hydrogens is 248 g/mol. The molecule has 0 saturated carbocycles. The molecule has 0 spiro atoms. The predicted octanol–water partition coefficient (Wildman–Crippen LogP) is 6.29. The van der Waals surface area contributed by atoms with Crippen molar-refractivity contribution in [1.29, 1.82) is 0 Å². The number of hydrogen-bond donors (Lipinski definition) is 0. The lowest BCUT2D eigenvalue weighted by Crippen LogP contribution is -2.26. The molecule has 0 aliphatic carbocycles. The summed E-state index contributed by atoms with van der Waals surface area (Å²) in [6.45, 7) is 18.9. The van der Waals surface area contributed by atoms with Crippen LogP contribution in [0.5, 0.6) is 0 Å². The van der Waals surface area contributed by atoms with Gasteiger partial charge in [-0.1, -0.05) is 67.7 Å². The van der Waals surface area contributed by atoms with Crippen molar-refractivity contribution < 1.29 is 9.47 Å². The Morgan fingerprint density at radius 3 is 1.75 bits per heavy atom. The number of hydrogen-bond acceptors (Lipinski definition) is 2. The zero-order chi connectivity index (χ0) is 16.6. The first kappa shape index (κ1) is 24.9. The summed E-state index contributed by atoms with van der Waals surface area (Å²) >= 11 is 0. The van der Waals surface area contributed by atoms with Gasteiger partial charge in [0.05, 0.1) is 6.10 Å². The van der Waals surface area contributed by atoms with Crippen LogP contribution in [0.3, 0.4) is 0 Å². The van der Waals surface area contributed by atoms with E-state index in [0.29, 0.717) is 5.92 Å². The smallest absolute Gasteiger partial charge is 0.154 e. The first-order valence-corrected chi connectivity index (χ1v) is 8.73. The van der Waals surface area contributed by atoms with Crippen molar-refractivity contribution in [1.82, 2.24) is 0 Å². The largest absolute Gasteiger partial charge is 0.356 e. The third kappa shape index (κ3) is 14.3. The zero-order valence-electron chi connectivity index (χ0n) is 16.0. The lowest BCUT2D eigenvalue weighted by atomic mass is 9.88. The van der Waals surface area contributed by atoms with E-state index in [1.807, 2.05) is 34.6 Å². The summed E-state index contributed by atoms with van der Waals surface area (Å²) < 4.78 is 10.9. The highest BCUT2D eigenvalue weighted by atomic mass is 16.7. The molecular formula is C18H42O2. The average molecular weight is 291 g/mol.